The third-order valence-electron chi connectivity index (χ3n) is 2.82. The highest BCUT2D eigenvalue weighted by Gasteiger charge is 2.08. The molecular weight excluding hydrogens is 256 g/mol. The second kappa shape index (κ2) is 14.8. The summed E-state index contributed by atoms with van der Waals surface area (Å²) in [6.07, 6.45) is 6.16. The first kappa shape index (κ1) is 19.4. The van der Waals surface area contributed by atoms with Crippen LogP contribution in [0, 0.1) is 11.8 Å². The Bertz CT molecular complexity index is 217. The summed E-state index contributed by atoms with van der Waals surface area (Å²) in [4.78, 5) is 0. The number of ether oxygens (including phenoxy) is 4. The Morgan fingerprint density at radius 2 is 1.15 bits per heavy atom. The molecule has 0 heterocycles. The van der Waals surface area contributed by atoms with Crippen molar-refractivity contribution in [1.29, 1.82) is 0 Å². The van der Waals surface area contributed by atoms with E-state index in [-0.39, 0.29) is 25.8 Å². The van der Waals surface area contributed by atoms with Crippen molar-refractivity contribution in [2.75, 3.05) is 27.8 Å². The molecule has 0 saturated heterocycles. The predicted molar refractivity (Wildman–Crippen MR) is 80.3 cm³/mol. The number of rotatable bonds is 12. The largest absolute Gasteiger partial charge is 0.359 e. The molecule has 0 saturated carbocycles. The molecule has 118 valence electrons. The van der Waals surface area contributed by atoms with E-state index in [1.807, 2.05) is 0 Å². The Morgan fingerprint density at radius 3 is 1.45 bits per heavy atom. The van der Waals surface area contributed by atoms with Gasteiger partial charge in [-0.15, -0.1) is 0 Å². The quantitative estimate of drug-likeness (QED) is 0.407. The number of methoxy groups -OCH3 is 2. The summed E-state index contributed by atoms with van der Waals surface area (Å²) in [5.41, 5.74) is 0. The second-order valence-corrected chi connectivity index (χ2v) is 4.70. The third-order valence-corrected chi connectivity index (χ3v) is 2.82. The smallest absolute Gasteiger partial charge is 0.148 e. The SMILES string of the molecule is CCCCC(C#CC(CCCC)OCOC)OCOC. The molecule has 0 N–H and O–H groups in total. The highest BCUT2D eigenvalue weighted by molar-refractivity contribution is 5.09. The minimum absolute atomic E-state index is 0.0785. The van der Waals surface area contributed by atoms with Gasteiger partial charge in [0.15, 0.2) is 0 Å². The van der Waals surface area contributed by atoms with Crippen molar-refractivity contribution in [3.8, 4) is 11.8 Å². The van der Waals surface area contributed by atoms with E-state index in [1.165, 1.54) is 0 Å². The van der Waals surface area contributed by atoms with E-state index in [9.17, 15) is 0 Å². The van der Waals surface area contributed by atoms with Crippen molar-refractivity contribution in [2.24, 2.45) is 0 Å². The van der Waals surface area contributed by atoms with Gasteiger partial charge in [0, 0.05) is 14.2 Å². The monoisotopic (exact) mass is 286 g/mol. The van der Waals surface area contributed by atoms with Gasteiger partial charge in [-0.1, -0.05) is 51.4 Å². The Labute approximate surface area is 124 Å². The Morgan fingerprint density at radius 1 is 0.750 bits per heavy atom. The molecule has 0 aliphatic rings. The first-order valence-electron chi connectivity index (χ1n) is 7.50. The second-order valence-electron chi connectivity index (χ2n) is 4.70. The van der Waals surface area contributed by atoms with Crippen molar-refractivity contribution < 1.29 is 18.9 Å². The fourth-order valence-electron chi connectivity index (χ4n) is 1.66. The van der Waals surface area contributed by atoms with E-state index in [0.29, 0.717) is 0 Å². The van der Waals surface area contributed by atoms with Gasteiger partial charge in [0.05, 0.1) is 0 Å². The zero-order valence-corrected chi connectivity index (χ0v) is 13.4. The molecule has 0 radical (unpaired) electrons. The lowest BCUT2D eigenvalue weighted by atomic mass is 10.1. The maximum Gasteiger partial charge on any atom is 0.148 e. The lowest BCUT2D eigenvalue weighted by molar-refractivity contribution is -0.0585. The molecule has 0 rings (SSSR count). The van der Waals surface area contributed by atoms with Crippen LogP contribution in [-0.2, 0) is 18.9 Å². The van der Waals surface area contributed by atoms with E-state index in [4.69, 9.17) is 18.9 Å². The first-order valence-corrected chi connectivity index (χ1v) is 7.50. The average Bonchev–Trinajstić information content (AvgIpc) is 2.48. The standard InChI is InChI=1S/C16H30O4/c1-5-7-9-15(19-13-17-3)11-12-16(10-8-6-2)20-14-18-4/h15-16H,5-10,13-14H2,1-4H3. The van der Waals surface area contributed by atoms with Crippen molar-refractivity contribution >= 4 is 0 Å². The summed E-state index contributed by atoms with van der Waals surface area (Å²) < 4.78 is 21.0. The molecule has 2 unspecified atom stereocenters. The normalized spacial score (nSPS) is 13.6. The Hall–Kier alpha value is -0.600. The molecule has 0 aromatic rings. The van der Waals surface area contributed by atoms with Crippen LogP contribution in [0.25, 0.3) is 0 Å². The minimum Gasteiger partial charge on any atom is -0.359 e. The molecule has 0 aromatic heterocycles. The van der Waals surface area contributed by atoms with E-state index in [0.717, 1.165) is 38.5 Å². The molecule has 4 heteroatoms. The van der Waals surface area contributed by atoms with Gasteiger partial charge in [-0.25, -0.2) is 0 Å². The molecule has 0 amide bonds. The van der Waals surface area contributed by atoms with Crippen molar-refractivity contribution in [2.45, 2.75) is 64.6 Å². The number of unbranched alkanes of at least 4 members (excludes halogenated alkanes) is 2. The van der Waals surface area contributed by atoms with E-state index < -0.39 is 0 Å². The van der Waals surface area contributed by atoms with E-state index in [1.54, 1.807) is 14.2 Å². The van der Waals surface area contributed by atoms with Gasteiger partial charge in [-0.2, -0.15) is 0 Å². The van der Waals surface area contributed by atoms with Gasteiger partial charge in [0.2, 0.25) is 0 Å². The first-order chi connectivity index (χ1) is 9.78. The Kier molecular flexibility index (Phi) is 14.4. The molecule has 4 nitrogen and oxygen atoms in total. The number of hydrogen-bond acceptors (Lipinski definition) is 4. The molecular formula is C16H30O4. The van der Waals surface area contributed by atoms with Crippen molar-refractivity contribution in [3.05, 3.63) is 0 Å². The van der Waals surface area contributed by atoms with Crippen LogP contribution in [0.3, 0.4) is 0 Å². The highest BCUT2D eigenvalue weighted by Crippen LogP contribution is 2.07. The molecule has 0 fully saturated rings. The van der Waals surface area contributed by atoms with Crippen molar-refractivity contribution in [1.82, 2.24) is 0 Å². The van der Waals surface area contributed by atoms with Crippen LogP contribution in [0.5, 0.6) is 0 Å². The van der Waals surface area contributed by atoms with Crippen LogP contribution < -0.4 is 0 Å². The van der Waals surface area contributed by atoms with Gasteiger partial charge in [0.1, 0.15) is 25.8 Å². The maximum atomic E-state index is 5.57. The fraction of sp³-hybridized carbons (Fsp3) is 0.875. The highest BCUT2D eigenvalue weighted by atomic mass is 16.7. The summed E-state index contributed by atoms with van der Waals surface area (Å²) in [5, 5.41) is 0. The van der Waals surface area contributed by atoms with Crippen molar-refractivity contribution in [3.63, 3.8) is 0 Å². The molecule has 2 atom stereocenters. The maximum absolute atomic E-state index is 5.57. The molecule has 0 aliphatic heterocycles. The van der Waals surface area contributed by atoms with Crippen LogP contribution in [-0.4, -0.2) is 40.0 Å². The fourth-order valence-corrected chi connectivity index (χ4v) is 1.66. The van der Waals surface area contributed by atoms with Crippen LogP contribution >= 0.6 is 0 Å². The lowest BCUT2D eigenvalue weighted by Crippen LogP contribution is -2.16. The molecule has 0 spiro atoms. The van der Waals surface area contributed by atoms with Crippen LogP contribution in [0.1, 0.15) is 52.4 Å². The van der Waals surface area contributed by atoms with Gasteiger partial charge in [0.25, 0.3) is 0 Å². The van der Waals surface area contributed by atoms with E-state index >= 15 is 0 Å². The lowest BCUT2D eigenvalue weighted by Gasteiger charge is -2.13. The van der Waals surface area contributed by atoms with Gasteiger partial charge >= 0.3 is 0 Å². The minimum atomic E-state index is -0.0785. The molecule has 0 bridgehead atoms. The van der Waals surface area contributed by atoms with Gasteiger partial charge < -0.3 is 18.9 Å². The summed E-state index contributed by atoms with van der Waals surface area (Å²) in [6.45, 7) is 4.88. The molecule has 0 aromatic carbocycles. The van der Waals surface area contributed by atoms with Gasteiger partial charge in [-0.3, -0.25) is 0 Å². The third kappa shape index (κ3) is 11.2. The molecule has 0 aliphatic carbocycles. The summed E-state index contributed by atoms with van der Waals surface area (Å²) in [7, 11) is 3.24. The van der Waals surface area contributed by atoms with Crippen LogP contribution in [0.4, 0.5) is 0 Å². The zero-order valence-electron chi connectivity index (χ0n) is 13.4. The predicted octanol–water partition coefficient (Wildman–Crippen LogP) is 3.35. The van der Waals surface area contributed by atoms with Crippen LogP contribution in [0.2, 0.25) is 0 Å². The summed E-state index contributed by atoms with van der Waals surface area (Å²) in [6, 6.07) is 0. The number of hydrogen-bond donors (Lipinski definition) is 0. The topological polar surface area (TPSA) is 36.9 Å². The average molecular weight is 286 g/mol. The molecule has 20 heavy (non-hydrogen) atoms. The van der Waals surface area contributed by atoms with E-state index in [2.05, 4.69) is 25.7 Å². The zero-order chi connectivity index (χ0) is 15.1. The summed E-state index contributed by atoms with van der Waals surface area (Å²) in [5.74, 6) is 6.35. The Balaban J connectivity index is 4.40. The van der Waals surface area contributed by atoms with Gasteiger partial charge in [-0.05, 0) is 12.8 Å². The summed E-state index contributed by atoms with van der Waals surface area (Å²) >= 11 is 0. The van der Waals surface area contributed by atoms with Crippen LogP contribution in [0.15, 0.2) is 0 Å².